The first-order chi connectivity index (χ1) is 13.6. The Kier molecular flexibility index (Phi) is 5.54. The van der Waals surface area contributed by atoms with Crippen LogP contribution in [0.25, 0.3) is 22.8 Å². The van der Waals surface area contributed by atoms with Gasteiger partial charge in [0.1, 0.15) is 5.82 Å². The molecule has 144 valence electrons. The highest BCUT2D eigenvalue weighted by Crippen LogP contribution is 2.29. The van der Waals surface area contributed by atoms with Crippen LogP contribution in [0.1, 0.15) is 19.7 Å². The van der Waals surface area contributed by atoms with Crippen molar-refractivity contribution < 1.29 is 8.91 Å². The summed E-state index contributed by atoms with van der Waals surface area (Å²) in [6.07, 6.45) is 0. The molecule has 0 aliphatic rings. The molecule has 0 bridgehead atoms. The van der Waals surface area contributed by atoms with E-state index in [-0.39, 0.29) is 5.82 Å². The molecule has 0 amide bonds. The maximum Gasteiger partial charge on any atom is 0.258 e. The van der Waals surface area contributed by atoms with Crippen LogP contribution in [0, 0.1) is 11.7 Å². The van der Waals surface area contributed by atoms with Crippen LogP contribution in [0.3, 0.4) is 0 Å². The molecule has 0 unspecified atom stereocenters. The van der Waals surface area contributed by atoms with Gasteiger partial charge in [-0.05, 0) is 29.5 Å². The molecule has 0 saturated carbocycles. The third kappa shape index (κ3) is 4.00. The fourth-order valence-electron chi connectivity index (χ4n) is 2.71. The summed E-state index contributed by atoms with van der Waals surface area (Å²) in [6.45, 7) is 4.89. The average molecular weight is 416 g/mol. The van der Waals surface area contributed by atoms with E-state index in [1.807, 2.05) is 21.4 Å². The number of thioether (sulfide) groups is 1. The molecule has 4 aromatic rings. The molecule has 28 heavy (non-hydrogen) atoms. The smallest absolute Gasteiger partial charge is 0.258 e. The van der Waals surface area contributed by atoms with E-state index >= 15 is 0 Å². The van der Waals surface area contributed by atoms with Crippen LogP contribution in [0.4, 0.5) is 4.39 Å². The maximum atomic E-state index is 14.3. The lowest BCUT2D eigenvalue weighted by molar-refractivity contribution is 0.425. The van der Waals surface area contributed by atoms with Crippen LogP contribution in [-0.4, -0.2) is 24.9 Å². The second-order valence-corrected chi connectivity index (χ2v) is 8.33. The van der Waals surface area contributed by atoms with Crippen LogP contribution >= 0.6 is 23.1 Å². The topological polar surface area (TPSA) is 69.6 Å². The van der Waals surface area contributed by atoms with Gasteiger partial charge >= 0.3 is 0 Å². The monoisotopic (exact) mass is 415 g/mol. The van der Waals surface area contributed by atoms with E-state index in [4.69, 9.17) is 4.52 Å². The number of hydrogen-bond acceptors (Lipinski definition) is 7. The molecule has 0 aliphatic carbocycles. The first-order valence-electron chi connectivity index (χ1n) is 8.78. The lowest BCUT2D eigenvalue weighted by atomic mass is 10.2. The quantitative estimate of drug-likeness (QED) is 0.389. The van der Waals surface area contributed by atoms with Crippen molar-refractivity contribution in [2.75, 3.05) is 0 Å². The molecule has 9 heteroatoms. The Morgan fingerprint density at radius 3 is 2.82 bits per heavy atom. The van der Waals surface area contributed by atoms with E-state index in [1.165, 1.54) is 17.8 Å². The minimum atomic E-state index is -0.310. The predicted octanol–water partition coefficient (Wildman–Crippen LogP) is 5.14. The number of benzene rings is 1. The van der Waals surface area contributed by atoms with Gasteiger partial charge in [0.05, 0.1) is 16.9 Å². The van der Waals surface area contributed by atoms with E-state index in [0.717, 1.165) is 5.56 Å². The van der Waals surface area contributed by atoms with Gasteiger partial charge in [-0.3, -0.25) is 0 Å². The molecule has 3 aromatic heterocycles. The van der Waals surface area contributed by atoms with Crippen LogP contribution in [0.2, 0.25) is 0 Å². The predicted molar refractivity (Wildman–Crippen MR) is 107 cm³/mol. The molecule has 0 radical (unpaired) electrons. The van der Waals surface area contributed by atoms with Crippen LogP contribution in [0.5, 0.6) is 0 Å². The number of aromatic nitrogens is 5. The van der Waals surface area contributed by atoms with Crippen LogP contribution < -0.4 is 0 Å². The van der Waals surface area contributed by atoms with Crippen molar-refractivity contribution >= 4 is 23.1 Å². The molecular formula is C19H18FN5OS2. The van der Waals surface area contributed by atoms with Gasteiger partial charge in [0.15, 0.2) is 16.8 Å². The molecule has 1 aromatic carbocycles. The summed E-state index contributed by atoms with van der Waals surface area (Å²) in [5.41, 5.74) is 1.36. The molecule has 0 saturated heterocycles. The third-order valence-electron chi connectivity index (χ3n) is 3.95. The minimum absolute atomic E-state index is 0.310. The molecule has 6 nitrogen and oxygen atoms in total. The zero-order valence-corrected chi connectivity index (χ0v) is 17.0. The highest BCUT2D eigenvalue weighted by Gasteiger charge is 2.19. The fraction of sp³-hybridized carbons (Fsp3) is 0.263. The molecule has 4 rings (SSSR count). The van der Waals surface area contributed by atoms with E-state index in [1.54, 1.807) is 29.5 Å². The Labute approximate surface area is 169 Å². The van der Waals surface area contributed by atoms with Gasteiger partial charge in [0.2, 0.25) is 0 Å². The first-order valence-corrected chi connectivity index (χ1v) is 10.7. The Hall–Kier alpha value is -2.52. The first kappa shape index (κ1) is 18.8. The molecule has 0 fully saturated rings. The number of hydrogen-bond donors (Lipinski definition) is 0. The fourth-order valence-corrected chi connectivity index (χ4v) is 4.13. The Bertz CT molecular complexity index is 1060. The molecule has 0 atom stereocenters. The van der Waals surface area contributed by atoms with Crippen molar-refractivity contribution in [3.8, 4) is 22.8 Å². The third-order valence-corrected chi connectivity index (χ3v) is 5.59. The van der Waals surface area contributed by atoms with Gasteiger partial charge in [0, 0.05) is 11.9 Å². The van der Waals surface area contributed by atoms with E-state index in [0.29, 0.717) is 46.5 Å². The van der Waals surface area contributed by atoms with Crippen LogP contribution in [-0.2, 0) is 12.3 Å². The lowest BCUT2D eigenvalue weighted by Gasteiger charge is -2.12. The Balaban J connectivity index is 1.57. The zero-order chi connectivity index (χ0) is 19.5. The van der Waals surface area contributed by atoms with Gasteiger partial charge in [-0.15, -0.1) is 10.2 Å². The summed E-state index contributed by atoms with van der Waals surface area (Å²) in [5, 5.41) is 17.2. The highest BCUT2D eigenvalue weighted by atomic mass is 32.2. The molecule has 3 heterocycles. The van der Waals surface area contributed by atoms with Crippen molar-refractivity contribution in [2.45, 2.75) is 31.3 Å². The Morgan fingerprint density at radius 2 is 2.07 bits per heavy atom. The van der Waals surface area contributed by atoms with Crippen molar-refractivity contribution in [2.24, 2.45) is 5.92 Å². The highest BCUT2D eigenvalue weighted by molar-refractivity contribution is 7.98. The summed E-state index contributed by atoms with van der Waals surface area (Å²) in [4.78, 5) is 4.43. The molecular weight excluding hydrogens is 397 g/mol. The second-order valence-electron chi connectivity index (χ2n) is 6.61. The zero-order valence-electron chi connectivity index (χ0n) is 15.4. The van der Waals surface area contributed by atoms with E-state index in [9.17, 15) is 4.39 Å². The van der Waals surface area contributed by atoms with Gasteiger partial charge < -0.3 is 9.09 Å². The van der Waals surface area contributed by atoms with E-state index in [2.05, 4.69) is 34.2 Å². The van der Waals surface area contributed by atoms with Crippen molar-refractivity contribution in [1.29, 1.82) is 0 Å². The second kappa shape index (κ2) is 8.24. The number of rotatable bonds is 7. The maximum absolute atomic E-state index is 14.3. The summed E-state index contributed by atoms with van der Waals surface area (Å²) in [5.74, 6) is 2.15. The number of halogens is 1. The summed E-state index contributed by atoms with van der Waals surface area (Å²) in [7, 11) is 0. The molecule has 0 spiro atoms. The SMILES string of the molecule is CC(C)Cn1c(SCc2noc(-c3ccsc3)n2)nnc1-c1ccccc1F. The largest absolute Gasteiger partial charge is 0.334 e. The molecule has 0 N–H and O–H groups in total. The standard InChI is InChI=1S/C19H18FN5OS2/c1-12(2)9-25-17(14-5-3-4-6-15(14)20)22-23-19(25)28-11-16-21-18(26-24-16)13-7-8-27-10-13/h3-8,10,12H,9,11H2,1-2H3. The van der Waals surface area contributed by atoms with Crippen molar-refractivity contribution in [3.63, 3.8) is 0 Å². The molecule has 0 aliphatic heterocycles. The lowest BCUT2D eigenvalue weighted by Crippen LogP contribution is -2.08. The summed E-state index contributed by atoms with van der Waals surface area (Å²) in [6, 6.07) is 8.55. The van der Waals surface area contributed by atoms with Crippen LogP contribution in [0.15, 0.2) is 50.8 Å². The van der Waals surface area contributed by atoms with Gasteiger partial charge in [-0.25, -0.2) is 4.39 Å². The van der Waals surface area contributed by atoms with Gasteiger partial charge in [-0.2, -0.15) is 16.3 Å². The van der Waals surface area contributed by atoms with Gasteiger partial charge in [0.25, 0.3) is 5.89 Å². The van der Waals surface area contributed by atoms with E-state index < -0.39 is 0 Å². The van der Waals surface area contributed by atoms with Crippen molar-refractivity contribution in [1.82, 2.24) is 24.9 Å². The number of thiophene rings is 1. The van der Waals surface area contributed by atoms with Crippen molar-refractivity contribution in [3.05, 3.63) is 52.7 Å². The summed E-state index contributed by atoms with van der Waals surface area (Å²) < 4.78 is 21.5. The normalized spacial score (nSPS) is 11.4. The van der Waals surface area contributed by atoms with Gasteiger partial charge in [-0.1, -0.05) is 42.9 Å². The summed E-state index contributed by atoms with van der Waals surface area (Å²) >= 11 is 3.04. The average Bonchev–Trinajstić information content (AvgIpc) is 3.41. The number of nitrogens with zero attached hydrogens (tertiary/aromatic N) is 5. The minimum Gasteiger partial charge on any atom is -0.334 e. The Morgan fingerprint density at radius 1 is 1.21 bits per heavy atom.